The van der Waals surface area contributed by atoms with E-state index in [1.807, 2.05) is 45.0 Å². The minimum absolute atomic E-state index is 0.193. The molecule has 0 fully saturated rings. The fraction of sp³-hybridized carbons (Fsp3) is 0.211. The molecule has 0 heterocycles. The maximum Gasteiger partial charge on any atom is 0.168 e. The third kappa shape index (κ3) is 2.09. The zero-order chi connectivity index (χ0) is 14.3. The van der Waals surface area contributed by atoms with Gasteiger partial charge in [-0.2, -0.15) is 0 Å². The largest absolute Gasteiger partial charge is 0.294 e. The molecule has 0 N–H and O–H groups in total. The minimum atomic E-state index is -0.361. The van der Waals surface area contributed by atoms with E-state index in [4.69, 9.17) is 0 Å². The highest BCUT2D eigenvalue weighted by atomic mass is 16.1. The van der Waals surface area contributed by atoms with Crippen molar-refractivity contribution in [3.8, 4) is 0 Å². The van der Waals surface area contributed by atoms with Crippen LogP contribution in [0.4, 0.5) is 0 Å². The number of carbonyl (C=O) groups excluding carboxylic acids is 1. The highest BCUT2D eigenvalue weighted by Gasteiger charge is 2.24. The lowest BCUT2D eigenvalue weighted by Crippen LogP contribution is -2.20. The molecule has 0 radical (unpaired) electrons. The molecule has 0 amide bonds. The first-order valence-corrected chi connectivity index (χ1v) is 6.93. The van der Waals surface area contributed by atoms with E-state index in [9.17, 15) is 4.79 Å². The lowest BCUT2D eigenvalue weighted by atomic mass is 9.84. The molecule has 1 nitrogen and oxygen atoms in total. The Labute approximate surface area is 119 Å². The molecule has 1 heteroatoms. The normalized spacial score (nSPS) is 11.9. The third-order valence-electron chi connectivity index (χ3n) is 3.67. The third-order valence-corrected chi connectivity index (χ3v) is 3.67. The van der Waals surface area contributed by atoms with Crippen LogP contribution >= 0.6 is 0 Å². The maximum absolute atomic E-state index is 12.6. The molecular weight excluding hydrogens is 244 g/mol. The SMILES string of the molecule is CC(C)(C)C(=O)c1cccc2cc3ccccc3cc12. The summed E-state index contributed by atoms with van der Waals surface area (Å²) in [5, 5.41) is 4.56. The average Bonchev–Trinajstić information content (AvgIpc) is 2.42. The molecule has 0 aliphatic heterocycles. The van der Waals surface area contributed by atoms with Gasteiger partial charge in [0.25, 0.3) is 0 Å². The summed E-state index contributed by atoms with van der Waals surface area (Å²) in [6.45, 7) is 5.90. The second-order valence-electron chi connectivity index (χ2n) is 6.31. The highest BCUT2D eigenvalue weighted by molar-refractivity contribution is 6.13. The van der Waals surface area contributed by atoms with Crippen LogP contribution in [0.3, 0.4) is 0 Å². The molecule has 0 saturated heterocycles. The summed E-state index contributed by atoms with van der Waals surface area (Å²) in [6.07, 6.45) is 0. The van der Waals surface area contributed by atoms with Crippen molar-refractivity contribution in [3.63, 3.8) is 0 Å². The van der Waals surface area contributed by atoms with Crippen LogP contribution in [0.15, 0.2) is 54.6 Å². The van der Waals surface area contributed by atoms with E-state index >= 15 is 0 Å². The van der Waals surface area contributed by atoms with Crippen molar-refractivity contribution < 1.29 is 4.79 Å². The molecule has 0 aliphatic rings. The van der Waals surface area contributed by atoms with Crippen molar-refractivity contribution in [3.05, 3.63) is 60.2 Å². The Balaban J connectivity index is 2.34. The summed E-state index contributed by atoms with van der Waals surface area (Å²) < 4.78 is 0. The van der Waals surface area contributed by atoms with E-state index in [-0.39, 0.29) is 11.2 Å². The maximum atomic E-state index is 12.6. The monoisotopic (exact) mass is 262 g/mol. The van der Waals surface area contributed by atoms with Gasteiger partial charge in [-0.15, -0.1) is 0 Å². The predicted molar refractivity (Wildman–Crippen MR) is 85.2 cm³/mol. The number of benzene rings is 3. The van der Waals surface area contributed by atoms with Crippen molar-refractivity contribution in [1.29, 1.82) is 0 Å². The van der Waals surface area contributed by atoms with E-state index in [0.717, 1.165) is 16.3 Å². The van der Waals surface area contributed by atoms with Crippen molar-refractivity contribution in [1.82, 2.24) is 0 Å². The predicted octanol–water partition coefficient (Wildman–Crippen LogP) is 5.22. The smallest absolute Gasteiger partial charge is 0.168 e. The molecule has 3 aromatic rings. The Morgan fingerprint density at radius 2 is 1.40 bits per heavy atom. The first kappa shape index (κ1) is 12.9. The highest BCUT2D eigenvalue weighted by Crippen LogP contribution is 2.29. The molecular formula is C19H18O. The average molecular weight is 262 g/mol. The number of carbonyl (C=O) groups is 1. The standard InChI is InChI=1S/C19H18O/c1-19(2,3)18(20)16-10-6-9-15-11-13-7-4-5-8-14(13)12-17(15)16/h4-12H,1-3H3. The Hall–Kier alpha value is -2.15. The molecule has 0 aliphatic carbocycles. The van der Waals surface area contributed by atoms with Crippen LogP contribution in [0.5, 0.6) is 0 Å². The molecule has 3 rings (SSSR count). The second kappa shape index (κ2) is 4.45. The van der Waals surface area contributed by atoms with Gasteiger partial charge in [-0.1, -0.05) is 63.2 Å². The van der Waals surface area contributed by atoms with Crippen LogP contribution in [0.2, 0.25) is 0 Å². The second-order valence-corrected chi connectivity index (χ2v) is 6.31. The van der Waals surface area contributed by atoms with Crippen LogP contribution in [-0.4, -0.2) is 5.78 Å². The van der Waals surface area contributed by atoms with Crippen LogP contribution in [0.1, 0.15) is 31.1 Å². The lowest BCUT2D eigenvalue weighted by molar-refractivity contribution is 0.0860. The molecule has 0 bridgehead atoms. The molecule has 0 aromatic heterocycles. The van der Waals surface area contributed by atoms with Crippen molar-refractivity contribution in [2.45, 2.75) is 20.8 Å². The van der Waals surface area contributed by atoms with E-state index in [0.29, 0.717) is 0 Å². The Morgan fingerprint density at radius 1 is 0.800 bits per heavy atom. The topological polar surface area (TPSA) is 17.1 Å². The van der Waals surface area contributed by atoms with Gasteiger partial charge in [-0.05, 0) is 33.7 Å². The van der Waals surface area contributed by atoms with Crippen LogP contribution in [0, 0.1) is 5.41 Å². The van der Waals surface area contributed by atoms with Crippen molar-refractivity contribution in [2.75, 3.05) is 0 Å². The zero-order valence-corrected chi connectivity index (χ0v) is 12.1. The number of rotatable bonds is 1. The molecule has 0 atom stereocenters. The molecule has 0 unspecified atom stereocenters. The molecule has 0 spiro atoms. The summed E-state index contributed by atoms with van der Waals surface area (Å²) in [5.74, 6) is 0.193. The summed E-state index contributed by atoms with van der Waals surface area (Å²) in [4.78, 5) is 12.6. The fourth-order valence-electron chi connectivity index (χ4n) is 2.57. The summed E-state index contributed by atoms with van der Waals surface area (Å²) in [5.41, 5.74) is 0.459. The van der Waals surface area contributed by atoms with E-state index in [2.05, 4.69) is 30.3 Å². The summed E-state index contributed by atoms with van der Waals surface area (Å²) >= 11 is 0. The Kier molecular flexibility index (Phi) is 2.86. The molecule has 0 saturated carbocycles. The van der Waals surface area contributed by atoms with Crippen molar-refractivity contribution >= 4 is 27.3 Å². The van der Waals surface area contributed by atoms with Crippen LogP contribution in [0.25, 0.3) is 21.5 Å². The van der Waals surface area contributed by atoms with Gasteiger partial charge in [-0.25, -0.2) is 0 Å². The van der Waals surface area contributed by atoms with Gasteiger partial charge in [-0.3, -0.25) is 4.79 Å². The summed E-state index contributed by atoms with van der Waals surface area (Å²) in [6, 6.07) is 18.5. The van der Waals surface area contributed by atoms with Gasteiger partial charge in [0.1, 0.15) is 0 Å². The Morgan fingerprint density at radius 3 is 2.05 bits per heavy atom. The lowest BCUT2D eigenvalue weighted by Gasteiger charge is -2.18. The fourth-order valence-corrected chi connectivity index (χ4v) is 2.57. The van der Waals surface area contributed by atoms with Crippen LogP contribution < -0.4 is 0 Å². The van der Waals surface area contributed by atoms with Crippen LogP contribution in [-0.2, 0) is 0 Å². The number of Topliss-reactive ketones (excluding diaryl/α,β-unsaturated/α-hetero) is 1. The number of hydrogen-bond acceptors (Lipinski definition) is 1. The zero-order valence-electron chi connectivity index (χ0n) is 12.1. The van der Waals surface area contributed by atoms with Gasteiger partial charge in [0, 0.05) is 11.0 Å². The number of fused-ring (bicyclic) bond motifs is 2. The minimum Gasteiger partial charge on any atom is -0.294 e. The first-order valence-electron chi connectivity index (χ1n) is 6.93. The number of ketones is 1. The van der Waals surface area contributed by atoms with Gasteiger partial charge in [0.2, 0.25) is 0 Å². The van der Waals surface area contributed by atoms with E-state index < -0.39 is 0 Å². The van der Waals surface area contributed by atoms with Crippen molar-refractivity contribution in [2.24, 2.45) is 5.41 Å². The van der Waals surface area contributed by atoms with Gasteiger partial charge < -0.3 is 0 Å². The molecule has 3 aromatic carbocycles. The Bertz CT molecular complexity index is 807. The first-order chi connectivity index (χ1) is 9.47. The van der Waals surface area contributed by atoms with Gasteiger partial charge in [0.05, 0.1) is 0 Å². The molecule has 100 valence electrons. The van der Waals surface area contributed by atoms with Gasteiger partial charge >= 0.3 is 0 Å². The number of hydrogen-bond donors (Lipinski definition) is 0. The van der Waals surface area contributed by atoms with E-state index in [1.165, 1.54) is 10.8 Å². The molecule has 20 heavy (non-hydrogen) atoms. The summed E-state index contributed by atoms with van der Waals surface area (Å²) in [7, 11) is 0. The van der Waals surface area contributed by atoms with E-state index in [1.54, 1.807) is 0 Å². The quantitative estimate of drug-likeness (QED) is 0.434. The van der Waals surface area contributed by atoms with Gasteiger partial charge in [0.15, 0.2) is 5.78 Å².